The zero-order valence-electron chi connectivity index (χ0n) is 8.43. The Kier molecular flexibility index (Phi) is 3.65. The van der Waals surface area contributed by atoms with Crippen LogP contribution in [0.25, 0.3) is 0 Å². The molecule has 5 heteroatoms. The second-order valence-electron chi connectivity index (χ2n) is 3.11. The molecule has 0 amide bonds. The molecule has 1 aromatic rings. The van der Waals surface area contributed by atoms with E-state index >= 15 is 0 Å². The third-order valence-electron chi connectivity index (χ3n) is 2.10. The quantitative estimate of drug-likeness (QED) is 0.616. The minimum atomic E-state index is -0.491. The van der Waals surface area contributed by atoms with E-state index in [1.807, 2.05) is 0 Å². The minimum absolute atomic E-state index is 0.0283. The summed E-state index contributed by atoms with van der Waals surface area (Å²) in [7, 11) is 1.29. The molecule has 0 aliphatic rings. The first-order chi connectivity index (χ1) is 7.10. The second kappa shape index (κ2) is 4.77. The topological polar surface area (TPSA) is 98.6 Å². The van der Waals surface area contributed by atoms with Crippen LogP contribution in [0.2, 0.25) is 0 Å². The van der Waals surface area contributed by atoms with Crippen molar-refractivity contribution in [1.29, 1.82) is 0 Å². The number of esters is 1. The van der Waals surface area contributed by atoms with Gasteiger partial charge in [-0.2, -0.15) is 0 Å². The summed E-state index contributed by atoms with van der Waals surface area (Å²) in [6.45, 7) is 0.193. The third kappa shape index (κ3) is 2.45. The van der Waals surface area contributed by atoms with Crippen LogP contribution in [-0.2, 0) is 4.74 Å². The van der Waals surface area contributed by atoms with E-state index in [9.17, 15) is 9.90 Å². The Labute approximate surface area is 87.6 Å². The van der Waals surface area contributed by atoms with Crippen molar-refractivity contribution in [2.24, 2.45) is 11.5 Å². The van der Waals surface area contributed by atoms with E-state index in [4.69, 9.17) is 11.5 Å². The highest BCUT2D eigenvalue weighted by atomic mass is 16.5. The van der Waals surface area contributed by atoms with E-state index in [-0.39, 0.29) is 12.3 Å². The molecule has 0 unspecified atom stereocenters. The lowest BCUT2D eigenvalue weighted by Gasteiger charge is -2.12. The highest BCUT2D eigenvalue weighted by Crippen LogP contribution is 2.23. The number of hydrogen-bond acceptors (Lipinski definition) is 5. The van der Waals surface area contributed by atoms with E-state index in [1.165, 1.54) is 25.3 Å². The van der Waals surface area contributed by atoms with Gasteiger partial charge >= 0.3 is 5.97 Å². The monoisotopic (exact) mass is 210 g/mol. The third-order valence-corrected chi connectivity index (χ3v) is 2.10. The maximum absolute atomic E-state index is 11.2. The second-order valence-corrected chi connectivity index (χ2v) is 3.11. The summed E-state index contributed by atoms with van der Waals surface area (Å²) in [6.07, 6.45) is 0. The van der Waals surface area contributed by atoms with Crippen LogP contribution in [0.15, 0.2) is 18.2 Å². The summed E-state index contributed by atoms with van der Waals surface area (Å²) >= 11 is 0. The molecule has 0 aliphatic carbocycles. The summed E-state index contributed by atoms with van der Waals surface area (Å²) in [5.74, 6) is -0.443. The smallest absolute Gasteiger partial charge is 0.337 e. The first kappa shape index (κ1) is 11.5. The summed E-state index contributed by atoms with van der Waals surface area (Å²) < 4.78 is 4.55. The molecule has 1 aromatic carbocycles. The molecule has 0 heterocycles. The number of carbonyl (C=O) groups is 1. The maximum atomic E-state index is 11.2. The normalized spacial score (nSPS) is 12.2. The van der Waals surface area contributed by atoms with Crippen LogP contribution >= 0.6 is 0 Å². The van der Waals surface area contributed by atoms with Gasteiger partial charge in [-0.05, 0) is 18.2 Å². The van der Waals surface area contributed by atoms with Crippen LogP contribution < -0.4 is 11.5 Å². The fraction of sp³-hybridized carbons (Fsp3) is 0.300. The van der Waals surface area contributed by atoms with Crippen LogP contribution in [0.3, 0.4) is 0 Å². The Bertz CT molecular complexity index is 366. The molecule has 0 saturated heterocycles. The van der Waals surface area contributed by atoms with Gasteiger partial charge in [-0.3, -0.25) is 0 Å². The lowest BCUT2D eigenvalue weighted by Crippen LogP contribution is -2.21. The molecule has 0 aromatic heterocycles. The van der Waals surface area contributed by atoms with Crippen LogP contribution in [0.4, 0.5) is 0 Å². The molecule has 0 spiro atoms. The molecule has 0 aliphatic heterocycles. The predicted molar refractivity (Wildman–Crippen MR) is 55.4 cm³/mol. The van der Waals surface area contributed by atoms with Gasteiger partial charge in [-0.1, -0.05) is 0 Å². The first-order valence-electron chi connectivity index (χ1n) is 4.47. The van der Waals surface area contributed by atoms with Gasteiger partial charge < -0.3 is 21.3 Å². The molecular formula is C10H14N2O3. The molecule has 5 N–H and O–H groups in total. The summed E-state index contributed by atoms with van der Waals surface area (Å²) in [6, 6.07) is 3.86. The Morgan fingerprint density at radius 1 is 1.60 bits per heavy atom. The van der Waals surface area contributed by atoms with Gasteiger partial charge in [0.1, 0.15) is 5.75 Å². The lowest BCUT2D eigenvalue weighted by molar-refractivity contribution is 0.0600. The number of ether oxygens (including phenoxy) is 1. The van der Waals surface area contributed by atoms with Gasteiger partial charge in [0.05, 0.1) is 12.7 Å². The molecule has 1 atom stereocenters. The number of phenolic OH excluding ortho intramolecular Hbond substituents is 1. The molecule has 1 rings (SSSR count). The molecule has 0 bridgehead atoms. The first-order valence-corrected chi connectivity index (χ1v) is 4.47. The number of nitrogens with two attached hydrogens (primary N) is 2. The number of phenols is 1. The summed E-state index contributed by atoms with van der Waals surface area (Å²) in [5, 5.41) is 9.50. The van der Waals surface area contributed by atoms with E-state index in [2.05, 4.69) is 4.74 Å². The molecule has 15 heavy (non-hydrogen) atoms. The molecule has 5 nitrogen and oxygen atoms in total. The highest BCUT2D eigenvalue weighted by molar-refractivity contribution is 5.89. The van der Waals surface area contributed by atoms with Crippen molar-refractivity contribution in [3.05, 3.63) is 29.3 Å². The van der Waals surface area contributed by atoms with Crippen LogP contribution in [0.1, 0.15) is 22.0 Å². The molecule has 0 radical (unpaired) electrons. The molecule has 0 fully saturated rings. The van der Waals surface area contributed by atoms with Crippen molar-refractivity contribution in [3.8, 4) is 5.75 Å². The van der Waals surface area contributed by atoms with E-state index in [1.54, 1.807) is 0 Å². The highest BCUT2D eigenvalue weighted by Gasteiger charge is 2.13. The Morgan fingerprint density at radius 2 is 2.27 bits per heavy atom. The number of benzene rings is 1. The number of methoxy groups -OCH3 is 1. The van der Waals surface area contributed by atoms with Crippen molar-refractivity contribution in [2.45, 2.75) is 6.04 Å². The van der Waals surface area contributed by atoms with Gasteiger partial charge in [0, 0.05) is 18.2 Å². The molecular weight excluding hydrogens is 196 g/mol. The number of hydrogen-bond donors (Lipinski definition) is 3. The van der Waals surface area contributed by atoms with Crippen molar-refractivity contribution in [2.75, 3.05) is 13.7 Å². The standard InChI is InChI=1S/C10H14N2O3/c1-15-10(14)6-2-3-9(13)7(4-6)8(12)5-11/h2-4,8,13H,5,11-12H2,1H3/t8-/m1/s1. The maximum Gasteiger partial charge on any atom is 0.337 e. The zero-order chi connectivity index (χ0) is 11.4. The average Bonchev–Trinajstić information content (AvgIpc) is 2.27. The number of rotatable bonds is 3. The molecule has 0 saturated carbocycles. The van der Waals surface area contributed by atoms with Crippen LogP contribution in [0, 0.1) is 0 Å². The van der Waals surface area contributed by atoms with Gasteiger partial charge in [-0.15, -0.1) is 0 Å². The van der Waals surface area contributed by atoms with Gasteiger partial charge in [0.25, 0.3) is 0 Å². The van der Waals surface area contributed by atoms with Crippen molar-refractivity contribution >= 4 is 5.97 Å². The van der Waals surface area contributed by atoms with Crippen molar-refractivity contribution < 1.29 is 14.6 Å². The van der Waals surface area contributed by atoms with Crippen LogP contribution in [-0.4, -0.2) is 24.7 Å². The van der Waals surface area contributed by atoms with Crippen LogP contribution in [0.5, 0.6) is 5.75 Å². The number of carbonyl (C=O) groups excluding carboxylic acids is 1. The van der Waals surface area contributed by atoms with Gasteiger partial charge in [-0.25, -0.2) is 4.79 Å². The fourth-order valence-electron chi connectivity index (χ4n) is 1.22. The SMILES string of the molecule is COC(=O)c1ccc(O)c([C@H](N)CN)c1. The van der Waals surface area contributed by atoms with Gasteiger partial charge in [0.15, 0.2) is 0 Å². The Morgan fingerprint density at radius 3 is 2.80 bits per heavy atom. The molecule has 82 valence electrons. The zero-order valence-corrected chi connectivity index (χ0v) is 8.43. The Hall–Kier alpha value is -1.59. The van der Waals surface area contributed by atoms with Gasteiger partial charge in [0.2, 0.25) is 0 Å². The van der Waals surface area contributed by atoms with Crippen molar-refractivity contribution in [1.82, 2.24) is 0 Å². The number of aromatic hydroxyl groups is 1. The fourth-order valence-corrected chi connectivity index (χ4v) is 1.22. The summed E-state index contributed by atoms with van der Waals surface area (Å²) in [5.41, 5.74) is 11.8. The summed E-state index contributed by atoms with van der Waals surface area (Å²) in [4.78, 5) is 11.2. The lowest BCUT2D eigenvalue weighted by atomic mass is 10.0. The van der Waals surface area contributed by atoms with Crippen molar-refractivity contribution in [3.63, 3.8) is 0 Å². The average molecular weight is 210 g/mol. The van der Waals surface area contributed by atoms with E-state index in [0.717, 1.165) is 0 Å². The van der Waals surface area contributed by atoms with E-state index in [0.29, 0.717) is 11.1 Å². The van der Waals surface area contributed by atoms with E-state index < -0.39 is 12.0 Å². The predicted octanol–water partition coefficient (Wildman–Crippen LogP) is 0.137. The Balaban J connectivity index is 3.10. The largest absolute Gasteiger partial charge is 0.508 e. The minimum Gasteiger partial charge on any atom is -0.508 e.